The van der Waals surface area contributed by atoms with Crippen molar-refractivity contribution in [2.45, 2.75) is 17.6 Å². The first-order chi connectivity index (χ1) is 11.3. The molecule has 0 atom stereocenters. The van der Waals surface area contributed by atoms with Crippen molar-refractivity contribution in [2.75, 3.05) is 0 Å². The van der Waals surface area contributed by atoms with Gasteiger partial charge >= 0.3 is 0 Å². The lowest BCUT2D eigenvalue weighted by Gasteiger charge is -2.00. The third-order valence-corrected chi connectivity index (χ3v) is 5.48. The Morgan fingerprint density at radius 2 is 1.78 bits per heavy atom. The number of rotatable bonds is 4. The van der Waals surface area contributed by atoms with Crippen molar-refractivity contribution in [1.29, 1.82) is 0 Å². The Hall–Kier alpha value is -2.18. The monoisotopic (exact) mass is 338 g/mol. The van der Waals surface area contributed by atoms with Gasteiger partial charge in [-0.15, -0.1) is 22.0 Å². The molecule has 0 bridgehead atoms. The van der Waals surface area contributed by atoms with Crippen LogP contribution in [0, 0.1) is 6.92 Å². The van der Waals surface area contributed by atoms with Gasteiger partial charge in [0.25, 0.3) is 0 Å². The molecule has 0 aliphatic heterocycles. The zero-order valence-corrected chi connectivity index (χ0v) is 14.1. The molecule has 0 saturated carbocycles. The van der Waals surface area contributed by atoms with E-state index in [1.807, 2.05) is 34.8 Å². The highest BCUT2D eigenvalue weighted by molar-refractivity contribution is 7.98. The summed E-state index contributed by atoms with van der Waals surface area (Å²) in [6.45, 7) is 2.10. The molecule has 4 rings (SSSR count). The molecule has 4 nitrogen and oxygen atoms in total. The van der Waals surface area contributed by atoms with Crippen LogP contribution in [-0.2, 0) is 5.75 Å². The molecule has 0 amide bonds. The molecule has 0 spiro atoms. The fourth-order valence-corrected chi connectivity index (χ4v) is 4.11. The highest BCUT2D eigenvalue weighted by Gasteiger charge is 2.14. The smallest absolute Gasteiger partial charge is 0.186 e. The maximum Gasteiger partial charge on any atom is 0.235 e. The van der Waals surface area contributed by atoms with Gasteiger partial charge in [0, 0.05) is 10.5 Å². The van der Waals surface area contributed by atoms with Crippen LogP contribution in [0.15, 0.2) is 59.5 Å². The van der Waals surface area contributed by atoms with Crippen LogP contribution >= 0.6 is 23.1 Å². The number of hydrogen-bond acceptors (Lipinski definition) is 5. The van der Waals surface area contributed by atoms with E-state index in [-0.39, 0.29) is 0 Å². The van der Waals surface area contributed by atoms with Gasteiger partial charge in [-0.2, -0.15) is 9.61 Å². The Morgan fingerprint density at radius 1 is 1.00 bits per heavy atom. The SMILES string of the molecule is Cc1ccccc1-c1nn2c(CSc3ccccc3)nnc2s1. The van der Waals surface area contributed by atoms with E-state index in [1.54, 1.807) is 23.1 Å². The fourth-order valence-electron chi connectivity index (χ4n) is 2.33. The van der Waals surface area contributed by atoms with Crippen LogP contribution in [0.4, 0.5) is 0 Å². The lowest BCUT2D eigenvalue weighted by molar-refractivity contribution is 0.887. The lowest BCUT2D eigenvalue weighted by atomic mass is 10.1. The quantitative estimate of drug-likeness (QED) is 0.516. The van der Waals surface area contributed by atoms with E-state index in [9.17, 15) is 0 Å². The second-order valence-corrected chi connectivity index (χ2v) is 7.14. The van der Waals surface area contributed by atoms with Gasteiger partial charge in [0.05, 0.1) is 5.75 Å². The molecule has 4 aromatic rings. The summed E-state index contributed by atoms with van der Waals surface area (Å²) in [5, 5.41) is 14.2. The highest BCUT2D eigenvalue weighted by Crippen LogP contribution is 2.29. The summed E-state index contributed by atoms with van der Waals surface area (Å²) in [5.41, 5.74) is 2.38. The minimum Gasteiger partial charge on any atom is -0.186 e. The topological polar surface area (TPSA) is 43.1 Å². The van der Waals surface area contributed by atoms with E-state index in [1.165, 1.54) is 10.5 Å². The van der Waals surface area contributed by atoms with Crippen molar-refractivity contribution in [1.82, 2.24) is 19.8 Å². The van der Waals surface area contributed by atoms with Gasteiger partial charge in [0.1, 0.15) is 5.01 Å². The van der Waals surface area contributed by atoms with E-state index in [4.69, 9.17) is 5.10 Å². The van der Waals surface area contributed by atoms with Crippen LogP contribution in [0.3, 0.4) is 0 Å². The van der Waals surface area contributed by atoms with Gasteiger partial charge < -0.3 is 0 Å². The van der Waals surface area contributed by atoms with Crippen LogP contribution in [0.5, 0.6) is 0 Å². The number of hydrogen-bond donors (Lipinski definition) is 0. The number of thioether (sulfide) groups is 1. The summed E-state index contributed by atoms with van der Waals surface area (Å²) >= 11 is 3.32. The summed E-state index contributed by atoms with van der Waals surface area (Å²) in [5.74, 6) is 1.63. The van der Waals surface area contributed by atoms with Gasteiger partial charge in [-0.3, -0.25) is 0 Å². The van der Waals surface area contributed by atoms with Crippen LogP contribution in [0.1, 0.15) is 11.4 Å². The molecular formula is C17H14N4S2. The molecule has 6 heteroatoms. The van der Waals surface area contributed by atoms with Crippen LogP contribution in [0.2, 0.25) is 0 Å². The van der Waals surface area contributed by atoms with E-state index < -0.39 is 0 Å². The van der Waals surface area contributed by atoms with Crippen molar-refractivity contribution in [2.24, 2.45) is 0 Å². The van der Waals surface area contributed by atoms with Gasteiger partial charge in [0.15, 0.2) is 5.82 Å². The molecule has 0 fully saturated rings. The van der Waals surface area contributed by atoms with E-state index in [0.717, 1.165) is 27.1 Å². The van der Waals surface area contributed by atoms with Gasteiger partial charge in [-0.05, 0) is 24.6 Å². The molecule has 0 radical (unpaired) electrons. The molecule has 0 N–H and O–H groups in total. The van der Waals surface area contributed by atoms with Gasteiger partial charge in [-0.25, -0.2) is 0 Å². The molecule has 0 saturated heterocycles. The molecule has 23 heavy (non-hydrogen) atoms. The fraction of sp³-hybridized carbons (Fsp3) is 0.118. The maximum atomic E-state index is 4.71. The largest absolute Gasteiger partial charge is 0.235 e. The number of benzene rings is 2. The normalized spacial score (nSPS) is 11.2. The summed E-state index contributed by atoms with van der Waals surface area (Å²) in [6, 6.07) is 18.6. The Labute approximate surface area is 142 Å². The minimum atomic E-state index is 0.752. The second kappa shape index (κ2) is 6.14. The van der Waals surface area contributed by atoms with Gasteiger partial charge in [0.2, 0.25) is 4.96 Å². The second-order valence-electron chi connectivity index (χ2n) is 5.13. The van der Waals surface area contributed by atoms with E-state index in [2.05, 4.69) is 41.4 Å². The zero-order valence-electron chi connectivity index (χ0n) is 12.5. The number of aromatic nitrogens is 4. The third-order valence-electron chi connectivity index (χ3n) is 3.54. The number of aryl methyl sites for hydroxylation is 1. The molecule has 0 aliphatic carbocycles. The minimum absolute atomic E-state index is 0.752. The molecule has 0 aliphatic rings. The predicted molar refractivity (Wildman–Crippen MR) is 94.8 cm³/mol. The predicted octanol–water partition coefficient (Wildman–Crippen LogP) is 4.45. The summed E-state index contributed by atoms with van der Waals surface area (Å²) in [4.78, 5) is 2.06. The average molecular weight is 338 g/mol. The van der Waals surface area contributed by atoms with Crippen molar-refractivity contribution >= 4 is 28.1 Å². The first-order valence-corrected chi connectivity index (χ1v) is 9.06. The lowest BCUT2D eigenvalue weighted by Crippen LogP contribution is -1.94. The molecule has 0 unspecified atom stereocenters. The van der Waals surface area contributed by atoms with Crippen molar-refractivity contribution in [3.05, 3.63) is 66.0 Å². The molecular weight excluding hydrogens is 324 g/mol. The standard InChI is InChI=1S/C17H14N4S2/c1-12-7-5-6-10-14(12)16-20-21-15(18-19-17(21)23-16)11-22-13-8-3-2-4-9-13/h2-10H,11H2,1H3. The average Bonchev–Trinajstić information content (AvgIpc) is 3.15. The van der Waals surface area contributed by atoms with Crippen molar-refractivity contribution < 1.29 is 0 Å². The Balaban J connectivity index is 1.63. The Bertz CT molecular complexity index is 944. The van der Waals surface area contributed by atoms with Crippen molar-refractivity contribution in [3.8, 4) is 10.6 Å². The van der Waals surface area contributed by atoms with Crippen LogP contribution < -0.4 is 0 Å². The maximum absolute atomic E-state index is 4.71. The molecule has 2 heterocycles. The van der Waals surface area contributed by atoms with Crippen LogP contribution in [0.25, 0.3) is 15.5 Å². The summed E-state index contributed by atoms with van der Waals surface area (Å²) in [7, 11) is 0. The summed E-state index contributed by atoms with van der Waals surface area (Å²) in [6.07, 6.45) is 0. The molecule has 2 aromatic heterocycles. The Morgan fingerprint density at radius 3 is 2.61 bits per heavy atom. The van der Waals surface area contributed by atoms with E-state index >= 15 is 0 Å². The summed E-state index contributed by atoms with van der Waals surface area (Å²) < 4.78 is 1.86. The van der Waals surface area contributed by atoms with E-state index in [0.29, 0.717) is 0 Å². The first-order valence-electron chi connectivity index (χ1n) is 7.26. The number of fused-ring (bicyclic) bond motifs is 1. The molecule has 2 aromatic carbocycles. The van der Waals surface area contributed by atoms with Gasteiger partial charge in [-0.1, -0.05) is 53.8 Å². The highest BCUT2D eigenvalue weighted by atomic mass is 32.2. The zero-order chi connectivity index (χ0) is 15.6. The Kier molecular flexibility index (Phi) is 3.85. The van der Waals surface area contributed by atoms with Crippen molar-refractivity contribution in [3.63, 3.8) is 0 Å². The van der Waals surface area contributed by atoms with Crippen LogP contribution in [-0.4, -0.2) is 19.8 Å². The first kappa shape index (κ1) is 14.4. The number of nitrogens with zero attached hydrogens (tertiary/aromatic N) is 4. The third kappa shape index (κ3) is 2.87. The molecule has 114 valence electrons.